The van der Waals surface area contributed by atoms with Gasteiger partial charge in [0.15, 0.2) is 0 Å². The number of nitrogens with zero attached hydrogens (tertiary/aromatic N) is 1. The fourth-order valence-electron chi connectivity index (χ4n) is 9.34. The molecule has 0 saturated carbocycles. The van der Waals surface area contributed by atoms with Crippen molar-refractivity contribution in [2.45, 2.75) is 19.3 Å². The van der Waals surface area contributed by atoms with Crippen LogP contribution >= 0.6 is 0 Å². The summed E-state index contributed by atoms with van der Waals surface area (Å²) in [5.74, 6) is 0. The molecule has 1 heteroatoms. The van der Waals surface area contributed by atoms with Crippen LogP contribution in [0, 0.1) is 0 Å². The maximum Gasteiger partial charge on any atom is 0.0543 e. The normalized spacial score (nSPS) is 13.0. The van der Waals surface area contributed by atoms with Crippen LogP contribution in [-0.2, 0) is 5.41 Å². The lowest BCUT2D eigenvalue weighted by molar-refractivity contribution is 0.660. The highest BCUT2D eigenvalue weighted by Gasteiger charge is 2.37. The molecular weight excluding hydrogens is 675 g/mol. The van der Waals surface area contributed by atoms with Crippen molar-refractivity contribution in [2.75, 3.05) is 4.90 Å². The first-order valence-electron chi connectivity index (χ1n) is 19.6. The second kappa shape index (κ2) is 12.5. The molecule has 1 aliphatic rings. The van der Waals surface area contributed by atoms with Gasteiger partial charge < -0.3 is 4.90 Å². The highest BCUT2D eigenvalue weighted by molar-refractivity contribution is 6.17. The molecule has 0 aromatic heterocycles. The Morgan fingerprint density at radius 3 is 1.77 bits per heavy atom. The Bertz CT molecular complexity index is 3170. The van der Waals surface area contributed by atoms with Crippen LogP contribution in [0.25, 0.3) is 76.5 Å². The summed E-state index contributed by atoms with van der Waals surface area (Å²) in [6.45, 7) is 4.71. The summed E-state index contributed by atoms with van der Waals surface area (Å²) in [5.41, 5.74) is 13.5. The average molecular weight is 714 g/mol. The number of hydrogen-bond acceptors (Lipinski definition) is 1. The van der Waals surface area contributed by atoms with E-state index in [0.29, 0.717) is 0 Å². The largest absolute Gasteiger partial charge is 0.310 e. The summed E-state index contributed by atoms with van der Waals surface area (Å²) in [5, 5.41) is 10.2. The van der Waals surface area contributed by atoms with E-state index in [2.05, 4.69) is 219 Å². The number of anilines is 3. The summed E-state index contributed by atoms with van der Waals surface area (Å²) in [6.07, 6.45) is 0. The van der Waals surface area contributed by atoms with Crippen molar-refractivity contribution in [3.05, 3.63) is 211 Å². The molecule has 0 N–H and O–H groups in total. The molecule has 0 spiro atoms. The van der Waals surface area contributed by atoms with Crippen molar-refractivity contribution >= 4 is 60.2 Å². The third kappa shape index (κ3) is 5.08. The van der Waals surface area contributed by atoms with Crippen LogP contribution in [0.1, 0.15) is 25.0 Å². The van der Waals surface area contributed by atoms with Gasteiger partial charge in [-0.25, -0.2) is 0 Å². The molecular formula is C55H39N. The van der Waals surface area contributed by atoms with Gasteiger partial charge in [0, 0.05) is 22.4 Å². The second-order valence-electron chi connectivity index (χ2n) is 15.7. The Balaban J connectivity index is 1.06. The molecule has 0 bridgehead atoms. The first kappa shape index (κ1) is 32.5. The highest BCUT2D eigenvalue weighted by Crippen LogP contribution is 2.54. The SMILES string of the molecule is CC1(C)c2ccccc2-c2c(N(c3ccc(-c4ccc5ccc6c7ccccc7ccc6c5c4)cc3)c3cccc(-c4ccc5ccccc5c4)c3)cccc21. The lowest BCUT2D eigenvalue weighted by Crippen LogP contribution is -2.16. The molecule has 0 radical (unpaired) electrons. The van der Waals surface area contributed by atoms with Gasteiger partial charge >= 0.3 is 0 Å². The molecule has 1 aliphatic carbocycles. The van der Waals surface area contributed by atoms with Crippen LogP contribution in [0.3, 0.4) is 0 Å². The van der Waals surface area contributed by atoms with E-state index in [1.54, 1.807) is 0 Å². The summed E-state index contributed by atoms with van der Waals surface area (Å²) in [6, 6.07) is 74.0. The molecule has 56 heavy (non-hydrogen) atoms. The van der Waals surface area contributed by atoms with Gasteiger partial charge in [-0.1, -0.05) is 172 Å². The second-order valence-corrected chi connectivity index (χ2v) is 15.7. The van der Waals surface area contributed by atoms with Crippen molar-refractivity contribution in [1.82, 2.24) is 0 Å². The van der Waals surface area contributed by atoms with E-state index in [4.69, 9.17) is 0 Å². The Morgan fingerprint density at radius 1 is 0.339 bits per heavy atom. The number of fused-ring (bicyclic) bond motifs is 9. The maximum atomic E-state index is 2.46. The third-order valence-electron chi connectivity index (χ3n) is 12.2. The van der Waals surface area contributed by atoms with E-state index in [-0.39, 0.29) is 5.41 Å². The lowest BCUT2D eigenvalue weighted by atomic mass is 9.82. The van der Waals surface area contributed by atoms with Crippen LogP contribution in [-0.4, -0.2) is 0 Å². The van der Waals surface area contributed by atoms with Crippen molar-refractivity contribution < 1.29 is 0 Å². The van der Waals surface area contributed by atoms with Gasteiger partial charge in [-0.3, -0.25) is 0 Å². The molecule has 0 heterocycles. The Hall–Kier alpha value is -6.96. The molecule has 11 rings (SSSR count). The van der Waals surface area contributed by atoms with E-state index in [1.165, 1.54) is 93.3 Å². The van der Waals surface area contributed by atoms with E-state index in [0.717, 1.165) is 11.4 Å². The standard InChI is InChI=1S/C55H39N/c1-55(2)51-18-8-7-17-49(51)54-52(55)19-10-20-53(54)56(45-15-9-14-41(34-45)42-23-21-36-11-3-4-13-40(36)33-42)44-29-25-37(26-30-44)43-24-22-39-28-31-47-46-16-6-5-12-38(46)27-32-48(47)50(39)35-43/h3-35H,1-2H3. The van der Waals surface area contributed by atoms with E-state index in [1.807, 2.05) is 0 Å². The quantitative estimate of drug-likeness (QED) is 0.161. The monoisotopic (exact) mass is 713 g/mol. The van der Waals surface area contributed by atoms with Gasteiger partial charge in [0.1, 0.15) is 0 Å². The molecule has 0 saturated heterocycles. The van der Waals surface area contributed by atoms with Gasteiger partial charge in [0.25, 0.3) is 0 Å². The van der Waals surface area contributed by atoms with Gasteiger partial charge in [-0.15, -0.1) is 0 Å². The molecule has 10 aromatic carbocycles. The molecule has 1 nitrogen and oxygen atoms in total. The predicted octanol–water partition coefficient (Wildman–Crippen LogP) is 15.4. The van der Waals surface area contributed by atoms with Gasteiger partial charge in [-0.2, -0.15) is 0 Å². The molecule has 0 fully saturated rings. The molecule has 0 amide bonds. The maximum absolute atomic E-state index is 2.46. The fraction of sp³-hybridized carbons (Fsp3) is 0.0545. The zero-order valence-electron chi connectivity index (χ0n) is 31.5. The predicted molar refractivity (Wildman–Crippen MR) is 240 cm³/mol. The summed E-state index contributed by atoms with van der Waals surface area (Å²) >= 11 is 0. The minimum atomic E-state index is -0.100. The van der Waals surface area contributed by atoms with Crippen molar-refractivity contribution in [2.24, 2.45) is 0 Å². The number of rotatable bonds is 5. The summed E-state index contributed by atoms with van der Waals surface area (Å²) < 4.78 is 0. The lowest BCUT2D eigenvalue weighted by Gasteiger charge is -2.29. The zero-order valence-corrected chi connectivity index (χ0v) is 31.5. The summed E-state index contributed by atoms with van der Waals surface area (Å²) in [4.78, 5) is 2.46. The Kier molecular flexibility index (Phi) is 7.28. The van der Waals surface area contributed by atoms with Crippen LogP contribution < -0.4 is 4.90 Å². The van der Waals surface area contributed by atoms with Gasteiger partial charge in [0.2, 0.25) is 0 Å². The highest BCUT2D eigenvalue weighted by atomic mass is 15.1. The minimum Gasteiger partial charge on any atom is -0.310 e. The number of benzene rings is 10. The van der Waals surface area contributed by atoms with Crippen LogP contribution in [0.2, 0.25) is 0 Å². The topological polar surface area (TPSA) is 3.24 Å². The molecule has 264 valence electrons. The smallest absolute Gasteiger partial charge is 0.0543 e. The third-order valence-corrected chi connectivity index (χ3v) is 12.2. The Labute approximate surface area is 327 Å². The first-order chi connectivity index (χ1) is 27.5. The zero-order chi connectivity index (χ0) is 37.4. The molecule has 0 unspecified atom stereocenters. The van der Waals surface area contributed by atoms with Gasteiger partial charge in [0.05, 0.1) is 5.69 Å². The minimum absolute atomic E-state index is 0.100. The fourth-order valence-corrected chi connectivity index (χ4v) is 9.34. The average Bonchev–Trinajstić information content (AvgIpc) is 3.50. The van der Waals surface area contributed by atoms with E-state index in [9.17, 15) is 0 Å². The molecule has 0 atom stereocenters. The van der Waals surface area contributed by atoms with Crippen molar-refractivity contribution in [1.29, 1.82) is 0 Å². The van der Waals surface area contributed by atoms with Crippen molar-refractivity contribution in [3.63, 3.8) is 0 Å². The van der Waals surface area contributed by atoms with Crippen LogP contribution in [0.4, 0.5) is 17.1 Å². The number of hydrogen-bond donors (Lipinski definition) is 0. The first-order valence-corrected chi connectivity index (χ1v) is 19.6. The molecule has 0 aliphatic heterocycles. The molecule has 10 aromatic rings. The van der Waals surface area contributed by atoms with E-state index < -0.39 is 0 Å². The van der Waals surface area contributed by atoms with Crippen LogP contribution in [0.5, 0.6) is 0 Å². The van der Waals surface area contributed by atoms with Crippen LogP contribution in [0.15, 0.2) is 200 Å². The van der Waals surface area contributed by atoms with E-state index >= 15 is 0 Å². The van der Waals surface area contributed by atoms with Crippen molar-refractivity contribution in [3.8, 4) is 33.4 Å². The summed E-state index contributed by atoms with van der Waals surface area (Å²) in [7, 11) is 0. The van der Waals surface area contributed by atoms with Gasteiger partial charge in [-0.05, 0) is 124 Å². The Morgan fingerprint density at radius 2 is 0.929 bits per heavy atom.